The number of hydrogen-bond acceptors (Lipinski definition) is 1. The fourth-order valence-corrected chi connectivity index (χ4v) is 2.05. The molecule has 0 saturated carbocycles. The van der Waals surface area contributed by atoms with E-state index in [-0.39, 0.29) is 10.6 Å². The highest BCUT2D eigenvalue weighted by Crippen LogP contribution is 2.31. The molecule has 0 bridgehead atoms. The van der Waals surface area contributed by atoms with Crippen LogP contribution in [0.1, 0.15) is 17.2 Å². The van der Waals surface area contributed by atoms with E-state index in [0.29, 0.717) is 24.3 Å². The molecule has 0 aromatic heterocycles. The number of nitrogens with two attached hydrogens (primary N) is 1. The third kappa shape index (κ3) is 2.62. The van der Waals surface area contributed by atoms with E-state index in [9.17, 15) is 22.0 Å². The van der Waals surface area contributed by atoms with Gasteiger partial charge in [-0.05, 0) is 17.7 Å². The van der Waals surface area contributed by atoms with Crippen LogP contribution in [-0.2, 0) is 0 Å². The van der Waals surface area contributed by atoms with Gasteiger partial charge in [0.2, 0.25) is 0 Å². The molecule has 7 heteroatoms. The van der Waals surface area contributed by atoms with Crippen molar-refractivity contribution in [3.8, 4) is 0 Å². The molecule has 0 aliphatic heterocycles. The summed E-state index contributed by atoms with van der Waals surface area (Å²) in [5, 5.41) is -0.292. The van der Waals surface area contributed by atoms with E-state index in [1.807, 2.05) is 0 Å². The minimum Gasteiger partial charge on any atom is -0.320 e. The first-order chi connectivity index (χ1) is 9.31. The Morgan fingerprint density at radius 2 is 1.30 bits per heavy atom. The lowest BCUT2D eigenvalue weighted by atomic mass is 9.98. The first-order valence-corrected chi connectivity index (χ1v) is 5.73. The largest absolute Gasteiger partial charge is 0.320 e. The van der Waals surface area contributed by atoms with Gasteiger partial charge in [-0.15, -0.1) is 0 Å². The molecule has 2 N–H and O–H groups in total. The lowest BCUT2D eigenvalue weighted by molar-refractivity contribution is 0.501. The van der Waals surface area contributed by atoms with Crippen LogP contribution in [0.4, 0.5) is 22.0 Å². The normalized spacial score (nSPS) is 12.6. The summed E-state index contributed by atoms with van der Waals surface area (Å²) >= 11 is 5.68. The molecule has 0 saturated heterocycles. The van der Waals surface area contributed by atoms with Gasteiger partial charge in [-0.2, -0.15) is 0 Å². The summed E-state index contributed by atoms with van der Waals surface area (Å²) in [6.07, 6.45) is 0. The molecule has 1 nitrogen and oxygen atoms in total. The summed E-state index contributed by atoms with van der Waals surface area (Å²) in [7, 11) is 0. The molecule has 0 fully saturated rings. The van der Waals surface area contributed by atoms with Gasteiger partial charge in [0, 0.05) is 22.7 Å². The third-order valence-corrected chi connectivity index (χ3v) is 3.06. The quantitative estimate of drug-likeness (QED) is 0.656. The van der Waals surface area contributed by atoms with Crippen LogP contribution in [0.15, 0.2) is 24.3 Å². The van der Waals surface area contributed by atoms with Gasteiger partial charge in [0.25, 0.3) is 0 Å². The maximum Gasteiger partial charge on any atom is 0.160 e. The molecule has 0 aliphatic carbocycles. The van der Waals surface area contributed by atoms with Gasteiger partial charge in [-0.3, -0.25) is 0 Å². The highest BCUT2D eigenvalue weighted by Gasteiger charge is 2.23. The summed E-state index contributed by atoms with van der Waals surface area (Å²) < 4.78 is 66.1. The second-order valence-electron chi connectivity index (χ2n) is 4.05. The van der Waals surface area contributed by atoms with Crippen LogP contribution in [0.2, 0.25) is 5.02 Å². The smallest absolute Gasteiger partial charge is 0.160 e. The van der Waals surface area contributed by atoms with Crippen LogP contribution >= 0.6 is 11.6 Å². The van der Waals surface area contributed by atoms with Gasteiger partial charge in [0.05, 0.1) is 6.04 Å². The van der Waals surface area contributed by atoms with Crippen molar-refractivity contribution in [1.82, 2.24) is 0 Å². The average molecular weight is 308 g/mol. The molecule has 20 heavy (non-hydrogen) atoms. The molecule has 2 aromatic rings. The predicted molar refractivity (Wildman–Crippen MR) is 63.7 cm³/mol. The average Bonchev–Trinajstić information content (AvgIpc) is 2.32. The number of hydrogen-bond donors (Lipinski definition) is 1. The maximum atomic E-state index is 13.6. The summed E-state index contributed by atoms with van der Waals surface area (Å²) in [4.78, 5) is 0. The van der Waals surface area contributed by atoms with Crippen molar-refractivity contribution >= 4 is 11.6 Å². The Kier molecular flexibility index (Phi) is 3.96. The summed E-state index contributed by atoms with van der Waals surface area (Å²) in [6.45, 7) is 0. The van der Waals surface area contributed by atoms with Crippen LogP contribution in [0, 0.1) is 29.1 Å². The highest BCUT2D eigenvalue weighted by molar-refractivity contribution is 6.31. The van der Waals surface area contributed by atoms with Crippen LogP contribution in [0.5, 0.6) is 0 Å². The van der Waals surface area contributed by atoms with Gasteiger partial charge >= 0.3 is 0 Å². The van der Waals surface area contributed by atoms with Crippen molar-refractivity contribution in [1.29, 1.82) is 0 Å². The zero-order valence-corrected chi connectivity index (χ0v) is 10.5. The monoisotopic (exact) mass is 307 g/mol. The summed E-state index contributed by atoms with van der Waals surface area (Å²) in [5.41, 5.74) is 4.72. The Labute approximate surface area is 115 Å². The fourth-order valence-electron chi connectivity index (χ4n) is 1.78. The van der Waals surface area contributed by atoms with Crippen LogP contribution in [-0.4, -0.2) is 0 Å². The van der Waals surface area contributed by atoms with E-state index in [1.54, 1.807) is 0 Å². The van der Waals surface area contributed by atoms with Gasteiger partial charge in [-0.1, -0.05) is 11.6 Å². The Morgan fingerprint density at radius 3 is 1.85 bits per heavy atom. The molecule has 0 heterocycles. The maximum absolute atomic E-state index is 13.6. The van der Waals surface area contributed by atoms with Crippen molar-refractivity contribution < 1.29 is 22.0 Å². The van der Waals surface area contributed by atoms with E-state index >= 15 is 0 Å². The second kappa shape index (κ2) is 5.38. The van der Waals surface area contributed by atoms with E-state index in [0.717, 1.165) is 0 Å². The lowest BCUT2D eigenvalue weighted by Crippen LogP contribution is -2.17. The molecule has 0 radical (unpaired) electrons. The molecular formula is C13H7ClF5N. The Hall–Kier alpha value is -1.66. The molecule has 0 amide bonds. The van der Waals surface area contributed by atoms with Gasteiger partial charge < -0.3 is 5.73 Å². The van der Waals surface area contributed by atoms with Crippen molar-refractivity contribution in [3.05, 3.63) is 69.5 Å². The molecule has 1 atom stereocenters. The van der Waals surface area contributed by atoms with Gasteiger partial charge in [0.15, 0.2) is 11.6 Å². The topological polar surface area (TPSA) is 26.0 Å². The summed E-state index contributed by atoms with van der Waals surface area (Å²) in [5.74, 6) is -6.08. The number of rotatable bonds is 2. The predicted octanol–water partition coefficient (Wildman–Crippen LogP) is 4.08. The minimum absolute atomic E-state index is 0.213. The Morgan fingerprint density at radius 1 is 0.800 bits per heavy atom. The second-order valence-corrected chi connectivity index (χ2v) is 4.46. The standard InChI is InChI=1S/C13H7ClF5N/c14-7-4-9(17)8(16)3-6(7)13(20)12-10(18)1-5(15)2-11(12)19/h1-4,13H,20H2. The molecule has 2 rings (SSSR count). The van der Waals surface area contributed by atoms with Crippen molar-refractivity contribution in [2.75, 3.05) is 0 Å². The molecule has 0 aliphatic rings. The van der Waals surface area contributed by atoms with E-state index in [2.05, 4.69) is 0 Å². The third-order valence-electron chi connectivity index (χ3n) is 2.73. The van der Waals surface area contributed by atoms with Crippen LogP contribution in [0.25, 0.3) is 0 Å². The van der Waals surface area contributed by atoms with Crippen LogP contribution < -0.4 is 5.73 Å². The Bertz CT molecular complexity index is 651. The molecule has 2 aromatic carbocycles. The SMILES string of the molecule is NC(c1cc(F)c(F)cc1Cl)c1c(F)cc(F)cc1F. The first-order valence-electron chi connectivity index (χ1n) is 5.35. The molecular weight excluding hydrogens is 301 g/mol. The number of benzene rings is 2. The van der Waals surface area contributed by atoms with Crippen molar-refractivity contribution in [2.45, 2.75) is 6.04 Å². The molecule has 1 unspecified atom stereocenters. The van der Waals surface area contributed by atoms with Crippen molar-refractivity contribution in [2.24, 2.45) is 5.73 Å². The van der Waals surface area contributed by atoms with Gasteiger partial charge in [0.1, 0.15) is 17.5 Å². The first kappa shape index (κ1) is 14.7. The number of halogens is 6. The Balaban J connectivity index is 2.57. The fraction of sp³-hybridized carbons (Fsp3) is 0.0769. The van der Waals surface area contributed by atoms with Crippen molar-refractivity contribution in [3.63, 3.8) is 0 Å². The van der Waals surface area contributed by atoms with E-state index in [4.69, 9.17) is 17.3 Å². The summed E-state index contributed by atoms with van der Waals surface area (Å²) in [6, 6.07) is 0.659. The zero-order valence-electron chi connectivity index (χ0n) is 9.73. The van der Waals surface area contributed by atoms with Gasteiger partial charge in [-0.25, -0.2) is 22.0 Å². The lowest BCUT2D eigenvalue weighted by Gasteiger charge is -2.16. The molecule has 0 spiro atoms. The van der Waals surface area contributed by atoms with E-state index in [1.165, 1.54) is 0 Å². The van der Waals surface area contributed by atoms with E-state index < -0.39 is 40.7 Å². The van der Waals surface area contributed by atoms with Crippen LogP contribution in [0.3, 0.4) is 0 Å². The minimum atomic E-state index is -1.50. The highest BCUT2D eigenvalue weighted by atomic mass is 35.5. The molecule has 106 valence electrons. The zero-order chi connectivity index (χ0) is 15.0.